The van der Waals surface area contributed by atoms with Crippen LogP contribution in [-0.2, 0) is 10.8 Å². The summed E-state index contributed by atoms with van der Waals surface area (Å²) in [5.74, 6) is 1.90. The first-order chi connectivity index (χ1) is 18.9. The topological polar surface area (TPSA) is 44.2 Å². The third-order valence-electron chi connectivity index (χ3n) is 7.57. The highest BCUT2D eigenvalue weighted by Crippen LogP contribution is 2.22. The van der Waals surface area contributed by atoms with Crippen LogP contribution in [0.4, 0.5) is 0 Å². The van der Waals surface area contributed by atoms with Crippen LogP contribution in [0.5, 0.6) is 5.75 Å². The number of unbranched alkanes of at least 4 members (excludes halogenated alkanes) is 11. The van der Waals surface area contributed by atoms with Gasteiger partial charge in [-0.25, -0.2) is 9.97 Å². The fourth-order valence-corrected chi connectivity index (χ4v) is 7.67. The van der Waals surface area contributed by atoms with Gasteiger partial charge in [0.2, 0.25) is 0 Å². The van der Waals surface area contributed by atoms with Crippen molar-refractivity contribution in [1.29, 1.82) is 0 Å². The fourth-order valence-electron chi connectivity index (χ4n) is 5.14. The lowest BCUT2D eigenvalue weighted by molar-refractivity contribution is 0.195. The number of benzene rings is 1. The minimum Gasteiger partial charge on any atom is -0.494 e. The number of hydrogen-bond acceptors (Lipinski definition) is 4. The second-order valence-electron chi connectivity index (χ2n) is 12.0. The van der Waals surface area contributed by atoms with E-state index in [9.17, 15) is 0 Å². The predicted octanol–water partition coefficient (Wildman–Crippen LogP) is 10.6. The average Bonchev–Trinajstić information content (AvgIpc) is 2.93. The van der Waals surface area contributed by atoms with Gasteiger partial charge < -0.3 is 9.16 Å². The van der Waals surface area contributed by atoms with Gasteiger partial charge in [-0.2, -0.15) is 0 Å². The van der Waals surface area contributed by atoms with Gasteiger partial charge >= 0.3 is 0 Å². The molecule has 0 bridgehead atoms. The van der Waals surface area contributed by atoms with Gasteiger partial charge in [0.15, 0.2) is 8.32 Å². The highest BCUT2D eigenvalue weighted by atomic mass is 28.4. The summed E-state index contributed by atoms with van der Waals surface area (Å²) in [7, 11) is -1.48. The van der Waals surface area contributed by atoms with Gasteiger partial charge in [0.1, 0.15) is 11.6 Å². The van der Waals surface area contributed by atoms with Crippen molar-refractivity contribution in [2.24, 2.45) is 0 Å². The minimum absolute atomic E-state index is 0.398. The van der Waals surface area contributed by atoms with Gasteiger partial charge in [-0.3, -0.25) is 0 Å². The molecule has 0 radical (unpaired) electrons. The predicted molar refractivity (Wildman–Crippen MR) is 170 cm³/mol. The first kappa shape index (κ1) is 33.5. The molecule has 1 aromatic heterocycles. The normalized spacial score (nSPS) is 12.5. The van der Waals surface area contributed by atoms with Crippen LogP contribution in [-0.4, -0.2) is 31.0 Å². The van der Waals surface area contributed by atoms with Crippen molar-refractivity contribution in [2.75, 3.05) is 6.61 Å². The van der Waals surface area contributed by atoms with Crippen LogP contribution in [0.1, 0.15) is 123 Å². The van der Waals surface area contributed by atoms with Gasteiger partial charge in [-0.05, 0) is 63.0 Å². The highest BCUT2D eigenvalue weighted by Gasteiger charge is 2.23. The van der Waals surface area contributed by atoms with Crippen molar-refractivity contribution in [3.8, 4) is 16.9 Å². The van der Waals surface area contributed by atoms with Crippen LogP contribution < -0.4 is 4.74 Å². The lowest BCUT2D eigenvalue weighted by atomic mass is 10.1. The molecule has 4 nitrogen and oxygen atoms in total. The van der Waals surface area contributed by atoms with Gasteiger partial charge in [-0.15, -0.1) is 0 Å². The summed E-state index contributed by atoms with van der Waals surface area (Å²) in [5, 5.41) is 0. The number of aryl methyl sites for hydroxylation is 1. The van der Waals surface area contributed by atoms with Crippen LogP contribution in [0.25, 0.3) is 11.1 Å². The lowest BCUT2D eigenvalue weighted by Gasteiger charge is -2.27. The van der Waals surface area contributed by atoms with Crippen LogP contribution in [0, 0.1) is 0 Å². The number of ether oxygens (including phenoxy) is 1. The van der Waals surface area contributed by atoms with Crippen molar-refractivity contribution in [2.45, 2.75) is 149 Å². The fraction of sp³-hybridized carbons (Fsp3) is 0.706. The summed E-state index contributed by atoms with van der Waals surface area (Å²) >= 11 is 0. The molecule has 0 saturated heterocycles. The zero-order valence-electron chi connectivity index (χ0n) is 26.0. The van der Waals surface area contributed by atoms with Gasteiger partial charge in [0.25, 0.3) is 0 Å². The second kappa shape index (κ2) is 20.2. The maximum atomic E-state index is 6.42. The Morgan fingerprint density at radius 2 is 1.28 bits per heavy atom. The maximum Gasteiger partial charge on any atom is 0.187 e. The molecular formula is C34H58N2O2Si. The lowest BCUT2D eigenvalue weighted by Crippen LogP contribution is -2.34. The Hall–Kier alpha value is -1.72. The molecule has 0 N–H and O–H groups in total. The molecule has 0 spiro atoms. The molecule has 0 saturated carbocycles. The van der Waals surface area contributed by atoms with Gasteiger partial charge in [0, 0.05) is 30.5 Å². The number of rotatable bonds is 23. The second-order valence-corrected chi connectivity index (χ2v) is 16.2. The zero-order valence-corrected chi connectivity index (χ0v) is 27.0. The number of aromatic nitrogens is 2. The van der Waals surface area contributed by atoms with Crippen LogP contribution in [0.2, 0.25) is 19.1 Å². The molecule has 0 aliphatic rings. The van der Waals surface area contributed by atoms with E-state index in [0.717, 1.165) is 48.6 Å². The van der Waals surface area contributed by atoms with E-state index in [2.05, 4.69) is 68.1 Å². The molecule has 1 aromatic carbocycles. The minimum atomic E-state index is -1.48. The summed E-state index contributed by atoms with van der Waals surface area (Å²) in [6.07, 6.45) is 24.5. The standard InChI is InChI=1S/C34H58N2O2Si/c1-6-8-10-11-12-13-16-19-26-37-33-24-22-31(23-25-33)32-28-35-34(36-29-32)21-18-15-14-17-20-30(3)38-39(4,5)27-9-7-2/h22-25,28-30H,6-21,26-27H2,1-5H3. The summed E-state index contributed by atoms with van der Waals surface area (Å²) in [6.45, 7) is 12.3. The van der Waals surface area contributed by atoms with E-state index in [0.29, 0.717) is 6.10 Å². The van der Waals surface area contributed by atoms with E-state index < -0.39 is 8.32 Å². The summed E-state index contributed by atoms with van der Waals surface area (Å²) in [4.78, 5) is 9.26. The van der Waals surface area contributed by atoms with E-state index in [-0.39, 0.29) is 0 Å². The summed E-state index contributed by atoms with van der Waals surface area (Å²) in [5.41, 5.74) is 2.20. The zero-order chi connectivity index (χ0) is 28.2. The molecule has 220 valence electrons. The highest BCUT2D eigenvalue weighted by molar-refractivity contribution is 6.71. The summed E-state index contributed by atoms with van der Waals surface area (Å²) < 4.78 is 12.4. The van der Waals surface area contributed by atoms with E-state index in [1.807, 2.05) is 12.4 Å². The molecule has 1 atom stereocenters. The van der Waals surface area contributed by atoms with Crippen LogP contribution >= 0.6 is 0 Å². The molecule has 5 heteroatoms. The monoisotopic (exact) mass is 554 g/mol. The third-order valence-corrected chi connectivity index (χ3v) is 10.2. The van der Waals surface area contributed by atoms with E-state index >= 15 is 0 Å². The number of hydrogen-bond donors (Lipinski definition) is 0. The Morgan fingerprint density at radius 1 is 0.692 bits per heavy atom. The van der Waals surface area contributed by atoms with Crippen LogP contribution in [0.3, 0.4) is 0 Å². The number of nitrogens with zero attached hydrogens (tertiary/aromatic N) is 2. The first-order valence-electron chi connectivity index (χ1n) is 16.2. The smallest absolute Gasteiger partial charge is 0.187 e. The molecule has 1 unspecified atom stereocenters. The Labute approximate surface area is 241 Å². The molecule has 0 amide bonds. The molecule has 2 rings (SSSR count). The van der Waals surface area contributed by atoms with E-state index in [4.69, 9.17) is 9.16 Å². The largest absolute Gasteiger partial charge is 0.494 e. The third kappa shape index (κ3) is 15.6. The van der Waals surface area contributed by atoms with Crippen molar-refractivity contribution in [1.82, 2.24) is 9.97 Å². The molecule has 0 fully saturated rings. The van der Waals surface area contributed by atoms with Crippen molar-refractivity contribution >= 4 is 8.32 Å². The first-order valence-corrected chi connectivity index (χ1v) is 19.3. The maximum absolute atomic E-state index is 6.42. The quantitative estimate of drug-likeness (QED) is 0.101. The molecular weight excluding hydrogens is 496 g/mol. The molecule has 2 aromatic rings. The van der Waals surface area contributed by atoms with Crippen LogP contribution in [0.15, 0.2) is 36.7 Å². The molecule has 1 heterocycles. The Bertz CT molecular complexity index is 855. The van der Waals surface area contributed by atoms with Crippen molar-refractivity contribution in [3.05, 3.63) is 42.5 Å². The Balaban J connectivity index is 1.58. The SMILES string of the molecule is CCCCCCCCCCOc1ccc(-c2cnc(CCCCCCC(C)O[Si](C)(C)CCCC)nc2)cc1. The molecule has 0 aliphatic carbocycles. The van der Waals surface area contributed by atoms with E-state index in [1.54, 1.807) is 0 Å². The summed E-state index contributed by atoms with van der Waals surface area (Å²) in [6, 6.07) is 9.63. The molecule has 0 aliphatic heterocycles. The Kier molecular flexibility index (Phi) is 17.3. The van der Waals surface area contributed by atoms with Crippen molar-refractivity contribution < 1.29 is 9.16 Å². The Morgan fingerprint density at radius 3 is 1.95 bits per heavy atom. The van der Waals surface area contributed by atoms with E-state index in [1.165, 1.54) is 89.5 Å². The van der Waals surface area contributed by atoms with Gasteiger partial charge in [0.05, 0.1) is 6.61 Å². The van der Waals surface area contributed by atoms with Crippen molar-refractivity contribution in [3.63, 3.8) is 0 Å². The molecule has 39 heavy (non-hydrogen) atoms. The average molecular weight is 555 g/mol. The van der Waals surface area contributed by atoms with Gasteiger partial charge in [-0.1, -0.05) is 103 Å².